The number of aromatic nitrogens is 2. The molecule has 2 rings (SSSR count). The Morgan fingerprint density at radius 1 is 1.33 bits per heavy atom. The zero-order chi connectivity index (χ0) is 15.9. The Balaban J connectivity index is 2.38. The molecule has 1 aliphatic heterocycles. The number of anilines is 3. The molecule has 0 fully saturated rings. The highest BCUT2D eigenvalue weighted by Crippen LogP contribution is 2.28. The minimum Gasteiger partial charge on any atom is -0.364 e. The second-order valence-electron chi connectivity index (χ2n) is 6.60. The van der Waals surface area contributed by atoms with Crippen LogP contribution in [0.15, 0.2) is 4.79 Å². The molecule has 0 saturated heterocycles. The fourth-order valence-electron chi connectivity index (χ4n) is 2.12. The topological polar surface area (TPSA) is 90.1 Å². The summed E-state index contributed by atoms with van der Waals surface area (Å²) in [5.74, 6) is 0.466. The van der Waals surface area contributed by atoms with Gasteiger partial charge in [-0.15, -0.1) is 0 Å². The number of hydrogen-bond acceptors (Lipinski definition) is 5. The molecule has 3 N–H and O–H groups in total. The highest BCUT2D eigenvalue weighted by molar-refractivity contribution is 5.93. The van der Waals surface area contributed by atoms with Gasteiger partial charge in [-0.2, -0.15) is 4.98 Å². The molecule has 2 atom stereocenters. The standard InChI is InChI=1S/C14H23N5O2/c1-7-8(2)19(6)9-10(15-7)16-13(17-11(9)20)18-12(21)14(3,4)5/h7-8H,1-6H3,(H3,15,16,17,18,20,21)/t7-,8+/m0/s1. The van der Waals surface area contributed by atoms with Gasteiger partial charge in [0.15, 0.2) is 5.82 Å². The normalized spacial score (nSPS) is 21.5. The summed E-state index contributed by atoms with van der Waals surface area (Å²) in [5, 5.41) is 5.86. The van der Waals surface area contributed by atoms with Crippen LogP contribution in [0.2, 0.25) is 0 Å². The van der Waals surface area contributed by atoms with Crippen molar-refractivity contribution in [2.75, 3.05) is 22.6 Å². The van der Waals surface area contributed by atoms with Gasteiger partial charge >= 0.3 is 0 Å². The van der Waals surface area contributed by atoms with Gasteiger partial charge in [0.05, 0.1) is 0 Å². The molecule has 0 bridgehead atoms. The highest BCUT2D eigenvalue weighted by atomic mass is 16.2. The summed E-state index contributed by atoms with van der Waals surface area (Å²) in [6.07, 6.45) is 0. The van der Waals surface area contributed by atoms with Gasteiger partial charge in [-0.05, 0) is 13.8 Å². The predicted molar refractivity (Wildman–Crippen MR) is 83.9 cm³/mol. The Morgan fingerprint density at radius 2 is 1.95 bits per heavy atom. The molecular weight excluding hydrogens is 270 g/mol. The number of carbonyl (C=O) groups excluding carboxylic acids is 1. The molecule has 21 heavy (non-hydrogen) atoms. The zero-order valence-electron chi connectivity index (χ0n) is 13.4. The van der Waals surface area contributed by atoms with Gasteiger partial charge in [0, 0.05) is 24.5 Å². The fraction of sp³-hybridized carbons (Fsp3) is 0.643. The molecule has 116 valence electrons. The van der Waals surface area contributed by atoms with Crippen molar-refractivity contribution in [3.8, 4) is 0 Å². The van der Waals surface area contributed by atoms with Crippen LogP contribution < -0.4 is 21.1 Å². The molecule has 1 aromatic heterocycles. The number of amides is 1. The van der Waals surface area contributed by atoms with E-state index in [2.05, 4.69) is 20.6 Å². The van der Waals surface area contributed by atoms with Crippen molar-refractivity contribution >= 4 is 23.4 Å². The van der Waals surface area contributed by atoms with Crippen LogP contribution in [-0.4, -0.2) is 35.0 Å². The molecule has 1 amide bonds. The quantitative estimate of drug-likeness (QED) is 0.728. The lowest BCUT2D eigenvalue weighted by atomic mass is 9.96. The van der Waals surface area contributed by atoms with Crippen molar-refractivity contribution in [1.29, 1.82) is 0 Å². The molecular formula is C14H23N5O2. The summed E-state index contributed by atoms with van der Waals surface area (Å²) in [7, 11) is 1.87. The van der Waals surface area contributed by atoms with Crippen LogP contribution in [-0.2, 0) is 4.79 Å². The van der Waals surface area contributed by atoms with E-state index in [1.54, 1.807) is 20.8 Å². The first-order chi connectivity index (χ1) is 9.61. The minimum atomic E-state index is -0.555. The van der Waals surface area contributed by atoms with Gasteiger partial charge < -0.3 is 10.2 Å². The SMILES string of the molecule is C[C@@H]1Nc2nc(NC(=O)C(C)(C)C)[nH]c(=O)c2N(C)[C@@H]1C. The van der Waals surface area contributed by atoms with Gasteiger partial charge in [-0.1, -0.05) is 20.8 Å². The van der Waals surface area contributed by atoms with Gasteiger partial charge in [-0.25, -0.2) is 0 Å². The third-order valence-electron chi connectivity index (χ3n) is 3.86. The Labute approximate surface area is 124 Å². The number of nitrogens with zero attached hydrogens (tertiary/aromatic N) is 2. The Morgan fingerprint density at radius 3 is 2.52 bits per heavy atom. The molecule has 0 radical (unpaired) electrons. The van der Waals surface area contributed by atoms with E-state index >= 15 is 0 Å². The molecule has 0 aliphatic carbocycles. The van der Waals surface area contributed by atoms with Crippen molar-refractivity contribution in [2.45, 2.75) is 46.7 Å². The predicted octanol–water partition coefficient (Wildman–Crippen LogP) is 1.39. The van der Waals surface area contributed by atoms with Crippen molar-refractivity contribution in [3.63, 3.8) is 0 Å². The van der Waals surface area contributed by atoms with Crippen molar-refractivity contribution in [1.82, 2.24) is 9.97 Å². The van der Waals surface area contributed by atoms with Gasteiger partial charge in [0.25, 0.3) is 5.56 Å². The van der Waals surface area contributed by atoms with Crippen molar-refractivity contribution in [2.24, 2.45) is 5.41 Å². The monoisotopic (exact) mass is 293 g/mol. The third kappa shape index (κ3) is 2.86. The Hall–Kier alpha value is -2.05. The van der Waals surface area contributed by atoms with Crippen LogP contribution >= 0.6 is 0 Å². The number of rotatable bonds is 1. The van der Waals surface area contributed by atoms with Crippen molar-refractivity contribution in [3.05, 3.63) is 10.4 Å². The molecule has 0 aromatic carbocycles. The number of likely N-dealkylation sites (N-methyl/N-ethyl adjacent to an activating group) is 1. The van der Waals surface area contributed by atoms with Crippen LogP contribution in [0.4, 0.5) is 17.5 Å². The maximum atomic E-state index is 12.2. The van der Waals surface area contributed by atoms with E-state index in [4.69, 9.17) is 0 Å². The lowest BCUT2D eigenvalue weighted by Gasteiger charge is -2.37. The van der Waals surface area contributed by atoms with E-state index in [0.29, 0.717) is 11.5 Å². The molecule has 1 aliphatic rings. The largest absolute Gasteiger partial charge is 0.364 e. The van der Waals surface area contributed by atoms with E-state index < -0.39 is 5.41 Å². The number of carbonyl (C=O) groups is 1. The number of aromatic amines is 1. The first-order valence-corrected chi connectivity index (χ1v) is 7.06. The smallest absolute Gasteiger partial charge is 0.278 e. The average molecular weight is 293 g/mol. The summed E-state index contributed by atoms with van der Waals surface area (Å²) in [6, 6.07) is 0.332. The zero-order valence-corrected chi connectivity index (χ0v) is 13.4. The second-order valence-corrected chi connectivity index (χ2v) is 6.60. The summed E-state index contributed by atoms with van der Waals surface area (Å²) in [4.78, 5) is 33.1. The van der Waals surface area contributed by atoms with Crippen LogP contribution in [0.1, 0.15) is 34.6 Å². The number of hydrogen-bond donors (Lipinski definition) is 3. The lowest BCUT2D eigenvalue weighted by molar-refractivity contribution is -0.123. The molecule has 1 aromatic rings. The second kappa shape index (κ2) is 5.05. The van der Waals surface area contributed by atoms with E-state index in [1.807, 2.05) is 25.8 Å². The first-order valence-electron chi connectivity index (χ1n) is 7.06. The summed E-state index contributed by atoms with van der Waals surface area (Å²) in [6.45, 7) is 9.47. The lowest BCUT2D eigenvalue weighted by Crippen LogP contribution is -2.48. The molecule has 7 nitrogen and oxygen atoms in total. The fourth-order valence-corrected chi connectivity index (χ4v) is 2.12. The third-order valence-corrected chi connectivity index (χ3v) is 3.86. The van der Waals surface area contributed by atoms with Gasteiger partial charge in [0.1, 0.15) is 5.69 Å². The number of nitrogens with one attached hydrogen (secondary N) is 3. The van der Waals surface area contributed by atoms with Crippen LogP contribution in [0.25, 0.3) is 0 Å². The molecule has 0 saturated carbocycles. The summed E-state index contributed by atoms with van der Waals surface area (Å²) in [5.41, 5.74) is -0.326. The summed E-state index contributed by atoms with van der Waals surface area (Å²) >= 11 is 0. The maximum absolute atomic E-state index is 12.2. The minimum absolute atomic E-state index is 0.156. The molecule has 0 unspecified atom stereocenters. The highest BCUT2D eigenvalue weighted by Gasteiger charge is 2.30. The Kier molecular flexibility index (Phi) is 3.69. The molecule has 7 heteroatoms. The summed E-state index contributed by atoms with van der Waals surface area (Å²) < 4.78 is 0. The van der Waals surface area contributed by atoms with E-state index in [1.165, 1.54) is 0 Å². The van der Waals surface area contributed by atoms with E-state index in [0.717, 1.165) is 0 Å². The first kappa shape index (κ1) is 15.3. The van der Waals surface area contributed by atoms with Crippen LogP contribution in [0.3, 0.4) is 0 Å². The average Bonchev–Trinajstić information content (AvgIpc) is 2.34. The van der Waals surface area contributed by atoms with E-state index in [9.17, 15) is 9.59 Å². The van der Waals surface area contributed by atoms with Gasteiger partial charge in [0.2, 0.25) is 11.9 Å². The van der Waals surface area contributed by atoms with Crippen LogP contribution in [0, 0.1) is 5.41 Å². The van der Waals surface area contributed by atoms with Crippen molar-refractivity contribution < 1.29 is 4.79 Å². The molecule has 0 spiro atoms. The maximum Gasteiger partial charge on any atom is 0.278 e. The molecule has 2 heterocycles. The van der Waals surface area contributed by atoms with Gasteiger partial charge in [-0.3, -0.25) is 19.9 Å². The Bertz CT molecular complexity index is 617. The number of H-pyrrole nitrogens is 1. The number of fused-ring (bicyclic) bond motifs is 1. The van der Waals surface area contributed by atoms with E-state index in [-0.39, 0.29) is 29.5 Å². The van der Waals surface area contributed by atoms with Crippen LogP contribution in [0.5, 0.6) is 0 Å².